The van der Waals surface area contributed by atoms with Crippen LogP contribution in [0.5, 0.6) is 0 Å². The van der Waals surface area contributed by atoms with Crippen LogP contribution in [-0.2, 0) is 4.79 Å². The van der Waals surface area contributed by atoms with Gasteiger partial charge in [-0.15, -0.1) is 0 Å². The molecule has 1 amide bonds. The second-order valence-corrected chi connectivity index (χ2v) is 3.31. The zero-order valence-corrected chi connectivity index (χ0v) is 5.89. The van der Waals surface area contributed by atoms with Crippen LogP contribution >= 0.6 is 0 Å². The molecule has 1 aliphatic carbocycles. The molecular formula is C7H12N2O. The van der Waals surface area contributed by atoms with Crippen molar-refractivity contribution in [2.24, 2.45) is 11.7 Å². The molecule has 10 heavy (non-hydrogen) atoms. The number of nitrogens with one attached hydrogen (secondary N) is 1. The topological polar surface area (TPSA) is 55.1 Å². The molecule has 2 aliphatic rings. The van der Waals surface area contributed by atoms with Crippen LogP contribution in [0.1, 0.15) is 19.3 Å². The highest BCUT2D eigenvalue weighted by molar-refractivity contribution is 5.88. The molecule has 56 valence electrons. The third-order valence-electron chi connectivity index (χ3n) is 2.71. The predicted molar refractivity (Wildman–Crippen MR) is 37.3 cm³/mol. The third-order valence-corrected chi connectivity index (χ3v) is 2.71. The fourth-order valence-electron chi connectivity index (χ4n) is 1.94. The van der Waals surface area contributed by atoms with Crippen LogP contribution in [0, 0.1) is 5.92 Å². The maximum absolute atomic E-state index is 10.9. The summed E-state index contributed by atoms with van der Waals surface area (Å²) in [5.74, 6) is 0.399. The zero-order chi connectivity index (χ0) is 7.19. The number of amides is 1. The van der Waals surface area contributed by atoms with Crippen LogP contribution in [0.25, 0.3) is 0 Å². The third kappa shape index (κ3) is 0.611. The fourth-order valence-corrected chi connectivity index (χ4v) is 1.94. The van der Waals surface area contributed by atoms with Gasteiger partial charge in [-0.3, -0.25) is 4.79 Å². The number of carbonyl (C=O) groups is 1. The van der Waals surface area contributed by atoms with Gasteiger partial charge in [-0.25, -0.2) is 0 Å². The maximum atomic E-state index is 10.9. The summed E-state index contributed by atoms with van der Waals surface area (Å²) in [6.07, 6.45) is 3.35. The smallest absolute Gasteiger partial charge is 0.238 e. The molecule has 3 N–H and O–H groups in total. The van der Waals surface area contributed by atoms with E-state index in [1.807, 2.05) is 0 Å². The Morgan fingerprint density at radius 1 is 1.70 bits per heavy atom. The van der Waals surface area contributed by atoms with Crippen LogP contribution in [0.3, 0.4) is 0 Å². The lowest BCUT2D eigenvalue weighted by Gasteiger charge is -2.19. The van der Waals surface area contributed by atoms with E-state index in [0.29, 0.717) is 5.92 Å². The number of nitrogens with two attached hydrogens (primary N) is 1. The number of rotatable bonds is 1. The molecule has 0 bridgehead atoms. The Bertz CT molecular complexity index is 180. The van der Waals surface area contributed by atoms with Gasteiger partial charge in [0.2, 0.25) is 5.91 Å². The molecule has 1 heterocycles. The molecule has 3 nitrogen and oxygen atoms in total. The Balaban J connectivity index is 2.12. The van der Waals surface area contributed by atoms with E-state index < -0.39 is 0 Å². The standard InChI is InChI=1S/C7H12N2O/c8-6(10)7-4-5(7)2-1-3-9-7/h5,9H,1-4H2,(H2,8,10)/t5-,7+/m0/s1. The molecule has 2 rings (SSSR count). The highest BCUT2D eigenvalue weighted by Gasteiger charge is 2.59. The van der Waals surface area contributed by atoms with Crippen molar-refractivity contribution in [3.8, 4) is 0 Å². The summed E-state index contributed by atoms with van der Waals surface area (Å²) in [6, 6.07) is 0. The van der Waals surface area contributed by atoms with Crippen molar-refractivity contribution in [1.82, 2.24) is 5.32 Å². The molecule has 0 aromatic heterocycles. The van der Waals surface area contributed by atoms with Crippen molar-refractivity contribution in [1.29, 1.82) is 0 Å². The molecule has 0 spiro atoms. The van der Waals surface area contributed by atoms with Gasteiger partial charge < -0.3 is 11.1 Å². The SMILES string of the molecule is NC(=O)[C@@]12C[C@@H]1CCCN2. The van der Waals surface area contributed by atoms with Gasteiger partial charge in [0.05, 0.1) is 0 Å². The Morgan fingerprint density at radius 2 is 2.50 bits per heavy atom. The van der Waals surface area contributed by atoms with Crippen molar-refractivity contribution < 1.29 is 4.79 Å². The van der Waals surface area contributed by atoms with Gasteiger partial charge in [-0.2, -0.15) is 0 Å². The zero-order valence-electron chi connectivity index (χ0n) is 5.89. The number of hydrogen-bond donors (Lipinski definition) is 2. The monoisotopic (exact) mass is 140 g/mol. The van der Waals surface area contributed by atoms with Crippen molar-refractivity contribution >= 4 is 5.91 Å². The lowest BCUT2D eigenvalue weighted by atomic mass is 10.1. The lowest BCUT2D eigenvalue weighted by Crippen LogP contribution is -2.47. The highest BCUT2D eigenvalue weighted by Crippen LogP contribution is 2.48. The average Bonchev–Trinajstić information content (AvgIpc) is 2.61. The fraction of sp³-hybridized carbons (Fsp3) is 0.857. The first-order valence-electron chi connectivity index (χ1n) is 3.81. The lowest BCUT2D eigenvalue weighted by molar-refractivity contribution is -0.121. The van der Waals surface area contributed by atoms with Crippen molar-refractivity contribution in [2.45, 2.75) is 24.8 Å². The normalized spacial score (nSPS) is 44.2. The summed E-state index contributed by atoms with van der Waals surface area (Å²) in [5.41, 5.74) is 4.98. The quantitative estimate of drug-likeness (QED) is 0.521. The minimum absolute atomic E-state index is 0.155. The minimum atomic E-state index is -0.266. The molecule has 2 atom stereocenters. The van der Waals surface area contributed by atoms with Crippen LogP contribution < -0.4 is 11.1 Å². The number of piperidine rings is 1. The molecule has 1 saturated carbocycles. The molecule has 3 heteroatoms. The number of hydrogen-bond acceptors (Lipinski definition) is 2. The summed E-state index contributed by atoms with van der Waals surface area (Å²) >= 11 is 0. The number of fused-ring (bicyclic) bond motifs is 1. The Kier molecular flexibility index (Phi) is 1.06. The van der Waals surface area contributed by atoms with E-state index in [9.17, 15) is 4.79 Å². The van der Waals surface area contributed by atoms with Gasteiger partial charge >= 0.3 is 0 Å². The van der Waals surface area contributed by atoms with Gasteiger partial charge in [0.15, 0.2) is 0 Å². The molecule has 0 aromatic carbocycles. The summed E-state index contributed by atoms with van der Waals surface area (Å²) in [5, 5.41) is 3.19. The number of primary amides is 1. The Hall–Kier alpha value is -0.570. The molecule has 0 aromatic rings. The van der Waals surface area contributed by atoms with E-state index in [1.165, 1.54) is 12.8 Å². The van der Waals surface area contributed by atoms with Gasteiger partial charge in [0.25, 0.3) is 0 Å². The van der Waals surface area contributed by atoms with Gasteiger partial charge in [-0.05, 0) is 31.7 Å². The van der Waals surface area contributed by atoms with Crippen molar-refractivity contribution in [3.05, 3.63) is 0 Å². The second kappa shape index (κ2) is 1.72. The Labute approximate surface area is 60.0 Å². The van der Waals surface area contributed by atoms with Crippen molar-refractivity contribution in [3.63, 3.8) is 0 Å². The van der Waals surface area contributed by atoms with Crippen LogP contribution in [-0.4, -0.2) is 18.0 Å². The highest BCUT2D eigenvalue weighted by atomic mass is 16.1. The van der Waals surface area contributed by atoms with E-state index in [-0.39, 0.29) is 11.4 Å². The number of carbonyl (C=O) groups excluding carboxylic acids is 1. The molecule has 2 fully saturated rings. The summed E-state index contributed by atoms with van der Waals surface area (Å²) < 4.78 is 0. The van der Waals surface area contributed by atoms with E-state index in [1.54, 1.807) is 0 Å². The Morgan fingerprint density at radius 3 is 3.00 bits per heavy atom. The van der Waals surface area contributed by atoms with Crippen molar-refractivity contribution in [2.75, 3.05) is 6.54 Å². The van der Waals surface area contributed by atoms with Crippen LogP contribution in [0.4, 0.5) is 0 Å². The molecular weight excluding hydrogens is 128 g/mol. The summed E-state index contributed by atoms with van der Waals surface area (Å²) in [4.78, 5) is 10.9. The molecule has 0 unspecified atom stereocenters. The molecule has 1 saturated heterocycles. The minimum Gasteiger partial charge on any atom is -0.368 e. The largest absolute Gasteiger partial charge is 0.368 e. The first-order chi connectivity index (χ1) is 4.76. The van der Waals surface area contributed by atoms with Gasteiger partial charge in [0, 0.05) is 0 Å². The first kappa shape index (κ1) is 6.16. The van der Waals surface area contributed by atoms with E-state index in [2.05, 4.69) is 5.32 Å². The second-order valence-electron chi connectivity index (χ2n) is 3.31. The van der Waals surface area contributed by atoms with E-state index in [4.69, 9.17) is 5.73 Å². The van der Waals surface area contributed by atoms with E-state index in [0.717, 1.165) is 13.0 Å². The van der Waals surface area contributed by atoms with E-state index >= 15 is 0 Å². The summed E-state index contributed by atoms with van der Waals surface area (Å²) in [7, 11) is 0. The molecule has 0 radical (unpaired) electrons. The summed E-state index contributed by atoms with van der Waals surface area (Å²) in [6.45, 7) is 0.958. The van der Waals surface area contributed by atoms with Crippen LogP contribution in [0.2, 0.25) is 0 Å². The maximum Gasteiger partial charge on any atom is 0.238 e. The molecule has 1 aliphatic heterocycles. The first-order valence-corrected chi connectivity index (χ1v) is 3.81. The predicted octanol–water partition coefficient (Wildman–Crippen LogP) is -0.386. The van der Waals surface area contributed by atoms with Gasteiger partial charge in [0.1, 0.15) is 5.54 Å². The average molecular weight is 140 g/mol. The van der Waals surface area contributed by atoms with Crippen LogP contribution in [0.15, 0.2) is 0 Å². The van der Waals surface area contributed by atoms with Gasteiger partial charge in [-0.1, -0.05) is 0 Å².